The maximum Gasteiger partial charge on any atom is 0.220 e. The van der Waals surface area contributed by atoms with Gasteiger partial charge in [-0.25, -0.2) is 0 Å². The Balaban J connectivity index is 2.03. The molecule has 1 aliphatic rings. The molecule has 0 aromatic carbocycles. The predicted molar refractivity (Wildman–Crippen MR) is 57.2 cm³/mol. The van der Waals surface area contributed by atoms with Crippen molar-refractivity contribution in [1.82, 2.24) is 4.90 Å². The number of hydrogen-bond acceptors (Lipinski definition) is 2. The van der Waals surface area contributed by atoms with Gasteiger partial charge in [-0.05, 0) is 25.0 Å². The summed E-state index contributed by atoms with van der Waals surface area (Å²) in [6.45, 7) is 2.26. The number of hydrogen-bond donors (Lipinski definition) is 0. The molecule has 3 heteroatoms. The molecule has 0 unspecified atom stereocenters. The van der Waals surface area contributed by atoms with Gasteiger partial charge in [-0.3, -0.25) is 4.79 Å². The average molecular weight is 207 g/mol. The van der Waals surface area contributed by atoms with Gasteiger partial charge >= 0.3 is 0 Å². The minimum atomic E-state index is 0.151. The van der Waals surface area contributed by atoms with E-state index in [1.54, 1.807) is 13.2 Å². The largest absolute Gasteiger partial charge is 0.467 e. The quantitative estimate of drug-likeness (QED) is 0.763. The van der Waals surface area contributed by atoms with Crippen molar-refractivity contribution >= 4 is 5.91 Å². The molecule has 1 aromatic rings. The fraction of sp³-hybridized carbons (Fsp3) is 0.583. The van der Waals surface area contributed by atoms with Crippen LogP contribution in [0.25, 0.3) is 0 Å². The normalized spacial score (nSPS) is 16.9. The zero-order chi connectivity index (χ0) is 10.7. The third-order valence-corrected chi connectivity index (χ3v) is 3.08. The maximum absolute atomic E-state index is 11.5. The molecule has 0 radical (unpaired) electrons. The van der Waals surface area contributed by atoms with Crippen molar-refractivity contribution in [2.75, 3.05) is 0 Å². The van der Waals surface area contributed by atoms with Crippen molar-refractivity contribution < 1.29 is 9.21 Å². The molecule has 2 rings (SSSR count). The minimum Gasteiger partial charge on any atom is -0.467 e. The highest BCUT2D eigenvalue weighted by atomic mass is 16.3. The topological polar surface area (TPSA) is 33.5 Å². The number of rotatable bonds is 3. The van der Waals surface area contributed by atoms with Gasteiger partial charge in [0.1, 0.15) is 5.76 Å². The van der Waals surface area contributed by atoms with Gasteiger partial charge in [0, 0.05) is 13.0 Å². The Hall–Kier alpha value is -1.25. The Kier molecular flexibility index (Phi) is 3.09. The lowest BCUT2D eigenvalue weighted by Gasteiger charge is -2.26. The van der Waals surface area contributed by atoms with Crippen LogP contribution in [-0.2, 0) is 11.3 Å². The summed E-state index contributed by atoms with van der Waals surface area (Å²) in [6, 6.07) is 4.21. The second-order valence-electron chi connectivity index (χ2n) is 4.16. The van der Waals surface area contributed by atoms with E-state index in [4.69, 9.17) is 4.42 Å². The SMILES string of the molecule is CC(=O)N(Cc1ccco1)C1CCCC1. The fourth-order valence-electron chi connectivity index (χ4n) is 2.28. The van der Waals surface area contributed by atoms with Crippen molar-refractivity contribution in [1.29, 1.82) is 0 Å². The summed E-state index contributed by atoms with van der Waals surface area (Å²) in [5, 5.41) is 0. The van der Waals surface area contributed by atoms with Crippen LogP contribution in [0.4, 0.5) is 0 Å². The predicted octanol–water partition coefficient (Wildman–Crippen LogP) is 2.57. The minimum absolute atomic E-state index is 0.151. The zero-order valence-corrected chi connectivity index (χ0v) is 9.11. The van der Waals surface area contributed by atoms with E-state index in [0.29, 0.717) is 12.6 Å². The van der Waals surface area contributed by atoms with E-state index in [1.807, 2.05) is 17.0 Å². The van der Waals surface area contributed by atoms with Crippen LogP contribution < -0.4 is 0 Å². The van der Waals surface area contributed by atoms with Crippen LogP contribution in [0.15, 0.2) is 22.8 Å². The maximum atomic E-state index is 11.5. The van der Waals surface area contributed by atoms with E-state index in [9.17, 15) is 4.79 Å². The van der Waals surface area contributed by atoms with Crippen molar-refractivity contribution in [2.45, 2.75) is 45.2 Å². The third-order valence-electron chi connectivity index (χ3n) is 3.08. The molecular formula is C12H17NO2. The summed E-state index contributed by atoms with van der Waals surface area (Å²) in [4.78, 5) is 13.5. The third kappa shape index (κ3) is 2.41. The first-order valence-corrected chi connectivity index (χ1v) is 5.57. The highest BCUT2D eigenvalue weighted by Crippen LogP contribution is 2.25. The van der Waals surface area contributed by atoms with E-state index in [2.05, 4.69) is 0 Å². The summed E-state index contributed by atoms with van der Waals surface area (Å²) >= 11 is 0. The monoisotopic (exact) mass is 207 g/mol. The van der Waals surface area contributed by atoms with Gasteiger partial charge in [0.15, 0.2) is 0 Å². The summed E-state index contributed by atoms with van der Waals surface area (Å²) in [6.07, 6.45) is 6.42. The Morgan fingerprint density at radius 1 is 1.53 bits per heavy atom. The number of carbonyl (C=O) groups is 1. The molecule has 0 N–H and O–H groups in total. The van der Waals surface area contributed by atoms with Crippen molar-refractivity contribution in [2.24, 2.45) is 0 Å². The molecule has 15 heavy (non-hydrogen) atoms. The lowest BCUT2D eigenvalue weighted by molar-refractivity contribution is -0.132. The smallest absolute Gasteiger partial charge is 0.220 e. The zero-order valence-electron chi connectivity index (χ0n) is 9.11. The molecule has 0 aliphatic heterocycles. The Morgan fingerprint density at radius 2 is 2.27 bits per heavy atom. The number of nitrogens with zero attached hydrogens (tertiary/aromatic N) is 1. The standard InChI is InChI=1S/C12H17NO2/c1-10(14)13(11-5-2-3-6-11)9-12-7-4-8-15-12/h4,7-8,11H,2-3,5-6,9H2,1H3. The first-order chi connectivity index (χ1) is 7.27. The van der Waals surface area contributed by atoms with Crippen LogP contribution >= 0.6 is 0 Å². The van der Waals surface area contributed by atoms with Gasteiger partial charge in [-0.15, -0.1) is 0 Å². The van der Waals surface area contributed by atoms with Crippen molar-refractivity contribution in [3.05, 3.63) is 24.2 Å². The van der Waals surface area contributed by atoms with Gasteiger partial charge in [-0.1, -0.05) is 12.8 Å². The highest BCUT2D eigenvalue weighted by Gasteiger charge is 2.24. The molecule has 1 aliphatic carbocycles. The molecule has 1 fully saturated rings. The van der Waals surface area contributed by atoms with Gasteiger partial charge in [-0.2, -0.15) is 0 Å². The van der Waals surface area contributed by atoms with Gasteiger partial charge in [0.05, 0.1) is 12.8 Å². The van der Waals surface area contributed by atoms with Crippen molar-refractivity contribution in [3.8, 4) is 0 Å². The summed E-state index contributed by atoms with van der Waals surface area (Å²) in [7, 11) is 0. The van der Waals surface area contributed by atoms with Crippen LogP contribution in [-0.4, -0.2) is 16.8 Å². The van der Waals surface area contributed by atoms with Gasteiger partial charge < -0.3 is 9.32 Å². The van der Waals surface area contributed by atoms with E-state index >= 15 is 0 Å². The van der Waals surface area contributed by atoms with Crippen LogP contribution in [0.2, 0.25) is 0 Å². The van der Waals surface area contributed by atoms with E-state index in [1.165, 1.54) is 12.8 Å². The van der Waals surface area contributed by atoms with Crippen LogP contribution in [0.5, 0.6) is 0 Å². The molecule has 1 heterocycles. The van der Waals surface area contributed by atoms with E-state index in [-0.39, 0.29) is 5.91 Å². The van der Waals surface area contributed by atoms with Crippen LogP contribution in [0.3, 0.4) is 0 Å². The number of furan rings is 1. The Bertz CT molecular complexity index is 312. The first kappa shape index (κ1) is 10.3. The summed E-state index contributed by atoms with van der Waals surface area (Å²) in [5.74, 6) is 1.02. The molecule has 0 saturated heterocycles. The lowest BCUT2D eigenvalue weighted by atomic mass is 10.2. The van der Waals surface area contributed by atoms with Crippen LogP contribution in [0, 0.1) is 0 Å². The number of carbonyl (C=O) groups excluding carboxylic acids is 1. The molecule has 82 valence electrons. The van der Waals surface area contributed by atoms with Crippen LogP contribution in [0.1, 0.15) is 38.4 Å². The summed E-state index contributed by atoms with van der Waals surface area (Å²) < 4.78 is 5.28. The fourth-order valence-corrected chi connectivity index (χ4v) is 2.28. The second kappa shape index (κ2) is 4.51. The molecule has 1 aromatic heterocycles. The molecule has 3 nitrogen and oxygen atoms in total. The number of amides is 1. The van der Waals surface area contributed by atoms with Gasteiger partial charge in [0.2, 0.25) is 5.91 Å². The Labute approximate surface area is 90.1 Å². The van der Waals surface area contributed by atoms with E-state index < -0.39 is 0 Å². The summed E-state index contributed by atoms with van der Waals surface area (Å²) in [5.41, 5.74) is 0. The average Bonchev–Trinajstić information content (AvgIpc) is 2.87. The molecule has 1 saturated carbocycles. The lowest BCUT2D eigenvalue weighted by Crippen LogP contribution is -2.36. The second-order valence-corrected chi connectivity index (χ2v) is 4.16. The molecular weight excluding hydrogens is 190 g/mol. The molecule has 0 spiro atoms. The first-order valence-electron chi connectivity index (χ1n) is 5.57. The molecule has 0 atom stereocenters. The Morgan fingerprint density at radius 3 is 2.80 bits per heavy atom. The van der Waals surface area contributed by atoms with Crippen molar-refractivity contribution in [3.63, 3.8) is 0 Å². The highest BCUT2D eigenvalue weighted by molar-refractivity contribution is 5.73. The molecule has 0 bridgehead atoms. The van der Waals surface area contributed by atoms with E-state index in [0.717, 1.165) is 18.6 Å². The van der Waals surface area contributed by atoms with Gasteiger partial charge in [0.25, 0.3) is 0 Å². The molecule has 1 amide bonds.